The second kappa shape index (κ2) is 7.14. The van der Waals surface area contributed by atoms with Gasteiger partial charge < -0.3 is 14.6 Å². The summed E-state index contributed by atoms with van der Waals surface area (Å²) in [6.07, 6.45) is 1.29. The standard InChI is InChI=1S/C19H15F3N2O3/c1-3-27-10-4-7-15-11(8-10)18(25)12(9-24(15)2)19(26)23-14-6-5-13(20)16(21)17(14)22/h4-9H,3H2,1-2H3,(H,23,26). The van der Waals surface area contributed by atoms with Gasteiger partial charge in [-0.05, 0) is 37.3 Å². The van der Waals surface area contributed by atoms with Crippen LogP contribution in [0.4, 0.5) is 18.9 Å². The van der Waals surface area contributed by atoms with Crippen molar-refractivity contribution in [1.82, 2.24) is 4.57 Å². The number of benzene rings is 2. The molecule has 0 bridgehead atoms. The van der Waals surface area contributed by atoms with Crippen LogP contribution in [0.25, 0.3) is 10.9 Å². The van der Waals surface area contributed by atoms with Gasteiger partial charge in [-0.1, -0.05) is 0 Å². The molecule has 0 aliphatic carbocycles. The number of rotatable bonds is 4. The van der Waals surface area contributed by atoms with E-state index in [4.69, 9.17) is 4.74 Å². The summed E-state index contributed by atoms with van der Waals surface area (Å²) < 4.78 is 47.1. The highest BCUT2D eigenvalue weighted by molar-refractivity contribution is 6.05. The number of nitrogens with zero attached hydrogens (tertiary/aromatic N) is 1. The molecule has 0 aliphatic heterocycles. The van der Waals surface area contributed by atoms with Crippen molar-refractivity contribution < 1.29 is 22.7 Å². The average Bonchev–Trinajstić information content (AvgIpc) is 2.65. The van der Waals surface area contributed by atoms with Crippen LogP contribution in [-0.2, 0) is 7.05 Å². The lowest BCUT2D eigenvalue weighted by Crippen LogP contribution is -2.24. The van der Waals surface area contributed by atoms with Crippen LogP contribution in [-0.4, -0.2) is 17.1 Å². The SMILES string of the molecule is CCOc1ccc2c(c1)c(=O)c(C(=O)Nc1ccc(F)c(F)c1F)cn2C. The quantitative estimate of drug-likeness (QED) is 0.708. The van der Waals surface area contributed by atoms with Gasteiger partial charge >= 0.3 is 0 Å². The summed E-state index contributed by atoms with van der Waals surface area (Å²) in [6, 6.07) is 6.45. The van der Waals surface area contributed by atoms with Crippen LogP contribution in [0.1, 0.15) is 17.3 Å². The Morgan fingerprint density at radius 2 is 1.89 bits per heavy atom. The molecule has 5 nitrogen and oxygen atoms in total. The van der Waals surface area contributed by atoms with Crippen LogP contribution in [0.2, 0.25) is 0 Å². The third-order valence-corrected chi connectivity index (χ3v) is 4.00. The number of hydrogen-bond donors (Lipinski definition) is 1. The van der Waals surface area contributed by atoms with Crippen molar-refractivity contribution in [3.63, 3.8) is 0 Å². The number of fused-ring (bicyclic) bond motifs is 1. The van der Waals surface area contributed by atoms with E-state index in [1.807, 2.05) is 0 Å². The fourth-order valence-electron chi connectivity index (χ4n) is 2.70. The van der Waals surface area contributed by atoms with Crippen LogP contribution >= 0.6 is 0 Å². The van der Waals surface area contributed by atoms with E-state index >= 15 is 0 Å². The zero-order valence-corrected chi connectivity index (χ0v) is 14.5. The maximum absolute atomic E-state index is 13.8. The van der Waals surface area contributed by atoms with E-state index in [2.05, 4.69) is 5.32 Å². The molecule has 0 aliphatic rings. The van der Waals surface area contributed by atoms with Crippen molar-refractivity contribution in [2.24, 2.45) is 7.05 Å². The molecule has 0 atom stereocenters. The number of nitrogens with one attached hydrogen (secondary N) is 1. The first-order valence-corrected chi connectivity index (χ1v) is 8.04. The summed E-state index contributed by atoms with van der Waals surface area (Å²) in [5, 5.41) is 2.34. The van der Waals surface area contributed by atoms with Gasteiger partial charge in [0, 0.05) is 13.2 Å². The lowest BCUT2D eigenvalue weighted by atomic mass is 10.1. The van der Waals surface area contributed by atoms with Gasteiger partial charge in [-0.15, -0.1) is 0 Å². The summed E-state index contributed by atoms with van der Waals surface area (Å²) in [5.41, 5.74) is -0.865. The minimum absolute atomic E-state index is 0.238. The maximum Gasteiger partial charge on any atom is 0.261 e. The van der Waals surface area contributed by atoms with E-state index in [0.29, 0.717) is 23.9 Å². The second-order valence-corrected chi connectivity index (χ2v) is 5.77. The van der Waals surface area contributed by atoms with E-state index in [1.54, 1.807) is 30.7 Å². The smallest absolute Gasteiger partial charge is 0.261 e. The molecule has 1 aromatic heterocycles. The maximum atomic E-state index is 13.8. The van der Waals surface area contributed by atoms with E-state index < -0.39 is 34.5 Å². The molecular weight excluding hydrogens is 361 g/mol. The molecule has 0 radical (unpaired) electrons. The van der Waals surface area contributed by atoms with Gasteiger partial charge in [0.15, 0.2) is 17.5 Å². The minimum Gasteiger partial charge on any atom is -0.494 e. The predicted octanol–water partition coefficient (Wildman–Crippen LogP) is 3.61. The summed E-state index contributed by atoms with van der Waals surface area (Å²) in [7, 11) is 1.64. The number of aryl methyl sites for hydroxylation is 1. The van der Waals surface area contributed by atoms with Gasteiger partial charge in [-0.25, -0.2) is 13.2 Å². The molecule has 3 aromatic rings. The number of carbonyl (C=O) groups excluding carboxylic acids is 1. The van der Waals surface area contributed by atoms with E-state index in [1.165, 1.54) is 12.3 Å². The predicted molar refractivity (Wildman–Crippen MR) is 94.6 cm³/mol. The van der Waals surface area contributed by atoms with Crippen LogP contribution in [0.15, 0.2) is 41.3 Å². The van der Waals surface area contributed by atoms with Gasteiger partial charge in [0.1, 0.15) is 11.3 Å². The number of amides is 1. The molecule has 1 amide bonds. The van der Waals surface area contributed by atoms with Crippen molar-refractivity contribution in [3.8, 4) is 5.75 Å². The summed E-state index contributed by atoms with van der Waals surface area (Å²) in [6.45, 7) is 2.20. The number of hydrogen-bond acceptors (Lipinski definition) is 3. The van der Waals surface area contributed by atoms with Crippen LogP contribution in [0.5, 0.6) is 5.75 Å². The van der Waals surface area contributed by atoms with Crippen LogP contribution in [0, 0.1) is 17.5 Å². The first-order valence-electron chi connectivity index (χ1n) is 8.04. The fourth-order valence-corrected chi connectivity index (χ4v) is 2.70. The molecule has 1 heterocycles. The van der Waals surface area contributed by atoms with Gasteiger partial charge in [-0.3, -0.25) is 9.59 Å². The number of anilines is 1. The second-order valence-electron chi connectivity index (χ2n) is 5.77. The normalized spacial score (nSPS) is 10.9. The van der Waals surface area contributed by atoms with Crippen LogP contribution < -0.4 is 15.5 Å². The molecule has 0 spiro atoms. The first-order chi connectivity index (χ1) is 12.8. The summed E-state index contributed by atoms with van der Waals surface area (Å²) in [5.74, 6) is -5.11. The lowest BCUT2D eigenvalue weighted by molar-refractivity contribution is 0.102. The number of pyridine rings is 1. The van der Waals surface area contributed by atoms with Crippen molar-refractivity contribution in [1.29, 1.82) is 0 Å². The number of carbonyl (C=O) groups is 1. The monoisotopic (exact) mass is 376 g/mol. The number of aromatic nitrogens is 1. The summed E-state index contributed by atoms with van der Waals surface area (Å²) >= 11 is 0. The summed E-state index contributed by atoms with van der Waals surface area (Å²) in [4.78, 5) is 25.2. The Labute approximate surface area is 152 Å². The van der Waals surface area contributed by atoms with Gasteiger partial charge in [0.2, 0.25) is 5.43 Å². The Morgan fingerprint density at radius 1 is 1.15 bits per heavy atom. The molecule has 2 aromatic carbocycles. The van der Waals surface area contributed by atoms with Gasteiger partial charge in [-0.2, -0.15) is 0 Å². The third kappa shape index (κ3) is 3.38. The Bertz CT molecular complexity index is 1110. The zero-order chi connectivity index (χ0) is 19.7. The van der Waals surface area contributed by atoms with Crippen LogP contribution in [0.3, 0.4) is 0 Å². The Hall–Kier alpha value is -3.29. The molecule has 8 heteroatoms. The Balaban J connectivity index is 2.06. The molecule has 0 unspecified atom stereocenters. The Kier molecular flexibility index (Phi) is 4.89. The van der Waals surface area contributed by atoms with Crippen molar-refractivity contribution in [2.75, 3.05) is 11.9 Å². The topological polar surface area (TPSA) is 60.3 Å². The van der Waals surface area contributed by atoms with E-state index in [-0.39, 0.29) is 10.9 Å². The highest BCUT2D eigenvalue weighted by atomic mass is 19.2. The third-order valence-electron chi connectivity index (χ3n) is 4.00. The van der Waals surface area contributed by atoms with Crippen molar-refractivity contribution in [2.45, 2.75) is 6.92 Å². The largest absolute Gasteiger partial charge is 0.494 e. The van der Waals surface area contributed by atoms with Crippen molar-refractivity contribution in [3.05, 3.63) is 69.8 Å². The zero-order valence-electron chi connectivity index (χ0n) is 14.5. The first kappa shape index (κ1) is 18.5. The average molecular weight is 376 g/mol. The molecule has 0 fully saturated rings. The number of ether oxygens (including phenoxy) is 1. The molecule has 0 saturated heterocycles. The van der Waals surface area contributed by atoms with Crippen molar-refractivity contribution >= 4 is 22.5 Å². The fraction of sp³-hybridized carbons (Fsp3) is 0.158. The molecule has 1 N–H and O–H groups in total. The van der Waals surface area contributed by atoms with Gasteiger partial charge in [0.05, 0.1) is 23.2 Å². The minimum atomic E-state index is -1.71. The van der Waals surface area contributed by atoms with E-state index in [9.17, 15) is 22.8 Å². The van der Waals surface area contributed by atoms with E-state index in [0.717, 1.165) is 6.07 Å². The molecule has 0 saturated carbocycles. The molecule has 3 rings (SSSR count). The Morgan fingerprint density at radius 3 is 2.59 bits per heavy atom. The molecular formula is C19H15F3N2O3. The molecule has 140 valence electrons. The lowest BCUT2D eigenvalue weighted by Gasteiger charge is -2.11. The highest BCUT2D eigenvalue weighted by Gasteiger charge is 2.19. The highest BCUT2D eigenvalue weighted by Crippen LogP contribution is 2.21. The van der Waals surface area contributed by atoms with Gasteiger partial charge in [0.25, 0.3) is 5.91 Å². The molecule has 27 heavy (non-hydrogen) atoms. The number of halogens is 3.